The first-order chi connectivity index (χ1) is 6.92. The molecule has 0 aromatic heterocycles. The first-order valence-corrected chi connectivity index (χ1v) is 3.91. The molecule has 0 amide bonds. The van der Waals surface area contributed by atoms with Gasteiger partial charge in [-0.1, -0.05) is 0 Å². The second-order valence-corrected chi connectivity index (χ2v) is 2.77. The molecule has 0 atom stereocenters. The number of nitrogens with two attached hydrogens (primary N) is 1. The zero-order valence-electron chi connectivity index (χ0n) is 7.51. The van der Waals surface area contributed by atoms with E-state index in [9.17, 15) is 13.2 Å². The Morgan fingerprint density at radius 3 is 2.53 bits per heavy atom. The number of anilines is 1. The van der Waals surface area contributed by atoms with Gasteiger partial charge in [0.25, 0.3) is 0 Å². The molecule has 0 spiro atoms. The number of halogens is 3. The Labute approximate surface area is 83.9 Å². The Bertz CT molecular complexity index is 395. The van der Waals surface area contributed by atoms with Crippen LogP contribution in [0.1, 0.15) is 5.56 Å². The molecule has 15 heavy (non-hydrogen) atoms. The van der Waals surface area contributed by atoms with Gasteiger partial charge in [-0.25, -0.2) is 0 Å². The molecule has 0 unspecified atom stereocenters. The number of nitriles is 1. The van der Waals surface area contributed by atoms with Gasteiger partial charge in [0.1, 0.15) is 5.75 Å². The first kappa shape index (κ1) is 11.2. The fourth-order valence-electron chi connectivity index (χ4n) is 0.909. The molecule has 0 fully saturated rings. The molecule has 6 heteroatoms. The predicted octanol–water partition coefficient (Wildman–Crippen LogP) is 2.08. The molecule has 0 aliphatic carbocycles. The smallest absolute Gasteiger partial charge is 0.422 e. The first-order valence-electron chi connectivity index (χ1n) is 3.91. The lowest BCUT2D eigenvalue weighted by atomic mass is 10.2. The van der Waals surface area contributed by atoms with E-state index in [1.807, 2.05) is 6.07 Å². The lowest BCUT2D eigenvalue weighted by molar-refractivity contribution is -0.153. The fraction of sp³-hybridized carbons (Fsp3) is 0.222. The van der Waals surface area contributed by atoms with Gasteiger partial charge in [-0.2, -0.15) is 18.4 Å². The van der Waals surface area contributed by atoms with Crippen LogP contribution >= 0.6 is 0 Å². The highest BCUT2D eigenvalue weighted by Gasteiger charge is 2.28. The normalized spacial score (nSPS) is 10.8. The number of nitrogen functional groups attached to an aromatic ring is 1. The summed E-state index contributed by atoms with van der Waals surface area (Å²) in [7, 11) is 0. The monoisotopic (exact) mass is 216 g/mol. The van der Waals surface area contributed by atoms with E-state index in [0.29, 0.717) is 0 Å². The molecule has 80 valence electrons. The van der Waals surface area contributed by atoms with E-state index in [0.717, 1.165) is 0 Å². The highest BCUT2D eigenvalue weighted by Crippen LogP contribution is 2.24. The second-order valence-electron chi connectivity index (χ2n) is 2.77. The fourth-order valence-corrected chi connectivity index (χ4v) is 0.909. The summed E-state index contributed by atoms with van der Waals surface area (Å²) in [5.74, 6) is -0.0775. The van der Waals surface area contributed by atoms with Crippen molar-refractivity contribution in [3.63, 3.8) is 0 Å². The number of hydrogen-bond acceptors (Lipinski definition) is 3. The minimum atomic E-state index is -4.40. The van der Waals surface area contributed by atoms with Crippen LogP contribution in [-0.4, -0.2) is 12.8 Å². The second kappa shape index (κ2) is 4.09. The highest BCUT2D eigenvalue weighted by atomic mass is 19.4. The van der Waals surface area contributed by atoms with Gasteiger partial charge in [0.15, 0.2) is 6.61 Å². The van der Waals surface area contributed by atoms with Gasteiger partial charge in [0.2, 0.25) is 0 Å². The standard InChI is InChI=1S/C9H7F3N2O/c10-9(11,12)5-15-8-2-1-6(4-13)3-7(8)14/h1-3H,5,14H2. The van der Waals surface area contributed by atoms with Gasteiger partial charge in [-0.15, -0.1) is 0 Å². The lowest BCUT2D eigenvalue weighted by Gasteiger charge is -2.10. The third-order valence-electron chi connectivity index (χ3n) is 1.53. The number of rotatable bonds is 2. The van der Waals surface area contributed by atoms with Crippen molar-refractivity contribution < 1.29 is 17.9 Å². The number of nitrogens with zero attached hydrogens (tertiary/aromatic N) is 1. The van der Waals surface area contributed by atoms with Crippen LogP contribution in [-0.2, 0) is 0 Å². The minimum Gasteiger partial charge on any atom is -0.482 e. The van der Waals surface area contributed by atoms with Crippen LogP contribution in [0.15, 0.2) is 18.2 Å². The van der Waals surface area contributed by atoms with Crippen molar-refractivity contribution in [2.75, 3.05) is 12.3 Å². The average molecular weight is 216 g/mol. The maximum absolute atomic E-state index is 11.8. The summed E-state index contributed by atoms with van der Waals surface area (Å²) < 4.78 is 39.8. The van der Waals surface area contributed by atoms with Crippen molar-refractivity contribution in [3.8, 4) is 11.8 Å². The third kappa shape index (κ3) is 3.38. The zero-order chi connectivity index (χ0) is 11.5. The van der Waals surface area contributed by atoms with Crippen LogP contribution in [0.2, 0.25) is 0 Å². The molecule has 1 aromatic rings. The molecule has 0 saturated carbocycles. The molecule has 1 rings (SSSR count). The van der Waals surface area contributed by atoms with Crippen LogP contribution in [0.3, 0.4) is 0 Å². The number of hydrogen-bond donors (Lipinski definition) is 1. The Kier molecular flexibility index (Phi) is 3.04. The maximum atomic E-state index is 11.8. The highest BCUT2D eigenvalue weighted by molar-refractivity contribution is 5.56. The minimum absolute atomic E-state index is 0.0123. The van der Waals surface area contributed by atoms with Crippen LogP contribution in [0.5, 0.6) is 5.75 Å². The molecule has 0 aliphatic rings. The van der Waals surface area contributed by atoms with Crippen molar-refractivity contribution >= 4 is 5.69 Å². The van der Waals surface area contributed by atoms with E-state index in [-0.39, 0.29) is 17.0 Å². The largest absolute Gasteiger partial charge is 0.482 e. The summed E-state index contributed by atoms with van der Waals surface area (Å²) in [5.41, 5.74) is 5.67. The van der Waals surface area contributed by atoms with Crippen molar-refractivity contribution in [1.82, 2.24) is 0 Å². The van der Waals surface area contributed by atoms with Crippen molar-refractivity contribution in [2.45, 2.75) is 6.18 Å². The van der Waals surface area contributed by atoms with Gasteiger partial charge >= 0.3 is 6.18 Å². The van der Waals surface area contributed by atoms with Gasteiger partial charge in [-0.05, 0) is 18.2 Å². The van der Waals surface area contributed by atoms with E-state index < -0.39 is 12.8 Å². The molecule has 2 N–H and O–H groups in total. The topological polar surface area (TPSA) is 59.0 Å². The Hall–Kier alpha value is -1.90. The number of alkyl halides is 3. The zero-order valence-corrected chi connectivity index (χ0v) is 7.51. The van der Waals surface area contributed by atoms with Crippen LogP contribution in [0.4, 0.5) is 18.9 Å². The van der Waals surface area contributed by atoms with Crippen molar-refractivity contribution in [1.29, 1.82) is 5.26 Å². The van der Waals surface area contributed by atoms with Gasteiger partial charge in [-0.3, -0.25) is 0 Å². The van der Waals surface area contributed by atoms with Gasteiger partial charge in [0, 0.05) is 0 Å². The van der Waals surface area contributed by atoms with Gasteiger partial charge < -0.3 is 10.5 Å². The van der Waals surface area contributed by atoms with Crippen LogP contribution in [0.25, 0.3) is 0 Å². The molecule has 1 aromatic carbocycles. The summed E-state index contributed by atoms with van der Waals surface area (Å²) >= 11 is 0. The summed E-state index contributed by atoms with van der Waals surface area (Å²) in [6, 6.07) is 5.64. The van der Waals surface area contributed by atoms with E-state index in [1.165, 1.54) is 18.2 Å². The average Bonchev–Trinajstić information content (AvgIpc) is 2.14. The molecular formula is C9H7F3N2O. The van der Waals surface area contributed by atoms with E-state index in [4.69, 9.17) is 11.0 Å². The van der Waals surface area contributed by atoms with Crippen LogP contribution in [0, 0.1) is 11.3 Å². The SMILES string of the molecule is N#Cc1ccc(OCC(F)(F)F)c(N)c1. The summed E-state index contributed by atoms with van der Waals surface area (Å²) in [6.07, 6.45) is -4.40. The Balaban J connectivity index is 2.76. The summed E-state index contributed by atoms with van der Waals surface area (Å²) in [6.45, 7) is -1.40. The van der Waals surface area contributed by atoms with E-state index >= 15 is 0 Å². The number of benzene rings is 1. The van der Waals surface area contributed by atoms with E-state index in [1.54, 1.807) is 0 Å². The van der Waals surface area contributed by atoms with Gasteiger partial charge in [0.05, 0.1) is 17.3 Å². The molecular weight excluding hydrogens is 209 g/mol. The Morgan fingerprint density at radius 2 is 2.07 bits per heavy atom. The molecule has 0 heterocycles. The molecule has 0 radical (unpaired) electrons. The van der Waals surface area contributed by atoms with Crippen molar-refractivity contribution in [2.24, 2.45) is 0 Å². The lowest BCUT2D eigenvalue weighted by Crippen LogP contribution is -2.19. The van der Waals surface area contributed by atoms with Crippen molar-refractivity contribution in [3.05, 3.63) is 23.8 Å². The third-order valence-corrected chi connectivity index (χ3v) is 1.53. The molecule has 0 saturated heterocycles. The molecule has 3 nitrogen and oxygen atoms in total. The predicted molar refractivity (Wildman–Crippen MR) is 47.1 cm³/mol. The number of ether oxygens (including phenoxy) is 1. The quantitative estimate of drug-likeness (QED) is 0.770. The Morgan fingerprint density at radius 1 is 1.40 bits per heavy atom. The van der Waals surface area contributed by atoms with Crippen LogP contribution < -0.4 is 10.5 Å². The maximum Gasteiger partial charge on any atom is 0.422 e. The molecule has 0 aliphatic heterocycles. The summed E-state index contributed by atoms with van der Waals surface area (Å²) in [5, 5.41) is 8.49. The molecule has 0 bridgehead atoms. The summed E-state index contributed by atoms with van der Waals surface area (Å²) in [4.78, 5) is 0. The van der Waals surface area contributed by atoms with E-state index in [2.05, 4.69) is 4.74 Å².